The average molecular weight is 272 g/mol. The van der Waals surface area contributed by atoms with Gasteiger partial charge < -0.3 is 10.6 Å². The Balaban J connectivity index is 1.55. The lowest BCUT2D eigenvalue weighted by atomic mass is 9.84. The number of amides is 1. The van der Waals surface area contributed by atoms with Crippen LogP contribution in [0.4, 0.5) is 5.69 Å². The third kappa shape index (κ3) is 2.82. The molecule has 1 heterocycles. The third-order valence-electron chi connectivity index (χ3n) is 4.81. The molecule has 20 heavy (non-hydrogen) atoms. The number of nitrogens with one attached hydrogen (secondary N) is 2. The van der Waals surface area contributed by atoms with E-state index in [1.165, 1.54) is 37.7 Å². The summed E-state index contributed by atoms with van der Waals surface area (Å²) in [6.45, 7) is 2.16. The third-order valence-corrected chi connectivity index (χ3v) is 4.81. The summed E-state index contributed by atoms with van der Waals surface area (Å²) in [7, 11) is 0. The maximum atomic E-state index is 12.4. The maximum Gasteiger partial charge on any atom is 0.243 e. The van der Waals surface area contributed by atoms with Gasteiger partial charge in [0.15, 0.2) is 0 Å². The minimum atomic E-state index is -0.0987. The summed E-state index contributed by atoms with van der Waals surface area (Å²) in [5, 5.41) is 6.56. The van der Waals surface area contributed by atoms with Gasteiger partial charge in [-0.15, -0.1) is 0 Å². The van der Waals surface area contributed by atoms with Crippen LogP contribution < -0.4 is 10.6 Å². The molecule has 2 N–H and O–H groups in total. The van der Waals surface area contributed by atoms with Gasteiger partial charge in [-0.1, -0.05) is 37.5 Å². The number of fused-ring (bicyclic) bond motifs is 1. The summed E-state index contributed by atoms with van der Waals surface area (Å²) in [6, 6.07) is 8.39. The second kappa shape index (κ2) is 5.86. The van der Waals surface area contributed by atoms with Crippen molar-refractivity contribution in [2.24, 2.45) is 5.92 Å². The highest BCUT2D eigenvalue weighted by Gasteiger charge is 2.29. The standard InChI is InChI=1S/C17H24N2O/c1-12(13-7-3-2-4-8-13)18-17(20)16-11-14-9-5-6-10-15(14)19-16/h5-6,9-10,12-13,16,19H,2-4,7-8,11H2,1H3,(H,18,20)/t12-,16?/m0/s1. The van der Waals surface area contributed by atoms with Crippen LogP contribution in [0.5, 0.6) is 0 Å². The molecule has 3 nitrogen and oxygen atoms in total. The van der Waals surface area contributed by atoms with Crippen molar-refractivity contribution < 1.29 is 4.79 Å². The van der Waals surface area contributed by atoms with E-state index in [4.69, 9.17) is 0 Å². The molecule has 108 valence electrons. The number of anilines is 1. The number of benzene rings is 1. The monoisotopic (exact) mass is 272 g/mol. The number of hydrogen-bond acceptors (Lipinski definition) is 2. The minimum absolute atomic E-state index is 0.0987. The topological polar surface area (TPSA) is 41.1 Å². The average Bonchev–Trinajstić information content (AvgIpc) is 2.92. The molecule has 3 heteroatoms. The van der Waals surface area contributed by atoms with Crippen LogP contribution in [0.3, 0.4) is 0 Å². The summed E-state index contributed by atoms with van der Waals surface area (Å²) in [4.78, 5) is 12.4. The number of carbonyl (C=O) groups excluding carboxylic acids is 1. The maximum absolute atomic E-state index is 12.4. The molecule has 1 saturated carbocycles. The predicted octanol–water partition coefficient (Wildman–Crippen LogP) is 3.11. The first-order valence-electron chi connectivity index (χ1n) is 7.89. The smallest absolute Gasteiger partial charge is 0.243 e. The zero-order chi connectivity index (χ0) is 13.9. The van der Waals surface area contributed by atoms with E-state index >= 15 is 0 Å². The highest BCUT2D eigenvalue weighted by molar-refractivity contribution is 5.87. The lowest BCUT2D eigenvalue weighted by Crippen LogP contribution is -2.46. The fourth-order valence-electron chi connectivity index (χ4n) is 3.53. The molecule has 1 aromatic carbocycles. The molecule has 1 aliphatic heterocycles. The van der Waals surface area contributed by atoms with Crippen molar-refractivity contribution in [1.82, 2.24) is 5.32 Å². The highest BCUT2D eigenvalue weighted by atomic mass is 16.2. The fourth-order valence-corrected chi connectivity index (χ4v) is 3.53. The first-order chi connectivity index (χ1) is 9.74. The van der Waals surface area contributed by atoms with Gasteiger partial charge in [0.1, 0.15) is 6.04 Å². The Kier molecular flexibility index (Phi) is 3.95. The molecular formula is C17H24N2O. The Hall–Kier alpha value is -1.51. The first kappa shape index (κ1) is 13.5. The van der Waals surface area contributed by atoms with Crippen LogP contribution in [0.25, 0.3) is 0 Å². The normalized spacial score (nSPS) is 23.8. The lowest BCUT2D eigenvalue weighted by Gasteiger charge is -2.29. The van der Waals surface area contributed by atoms with E-state index in [-0.39, 0.29) is 11.9 Å². The molecule has 0 radical (unpaired) electrons. The van der Waals surface area contributed by atoms with Crippen LogP contribution in [0, 0.1) is 5.92 Å². The van der Waals surface area contributed by atoms with Gasteiger partial charge in [-0.25, -0.2) is 0 Å². The van der Waals surface area contributed by atoms with Crippen LogP contribution in [0.2, 0.25) is 0 Å². The molecule has 0 bridgehead atoms. The van der Waals surface area contributed by atoms with Crippen molar-refractivity contribution in [3.05, 3.63) is 29.8 Å². The fraction of sp³-hybridized carbons (Fsp3) is 0.588. The van der Waals surface area contributed by atoms with Crippen molar-refractivity contribution in [3.63, 3.8) is 0 Å². The molecule has 1 amide bonds. The number of carbonyl (C=O) groups is 1. The molecule has 1 aliphatic carbocycles. The van der Waals surface area contributed by atoms with Gasteiger partial charge in [0.2, 0.25) is 5.91 Å². The van der Waals surface area contributed by atoms with Crippen molar-refractivity contribution in [3.8, 4) is 0 Å². The Morgan fingerprint density at radius 2 is 2.00 bits per heavy atom. The summed E-state index contributed by atoms with van der Waals surface area (Å²) in [6.07, 6.45) is 7.32. The van der Waals surface area contributed by atoms with E-state index in [1.807, 2.05) is 18.2 Å². The molecule has 0 saturated heterocycles. The van der Waals surface area contributed by atoms with E-state index in [0.29, 0.717) is 12.0 Å². The molecule has 1 fully saturated rings. The van der Waals surface area contributed by atoms with Crippen molar-refractivity contribution in [2.75, 3.05) is 5.32 Å². The summed E-state index contributed by atoms with van der Waals surface area (Å²) in [5.41, 5.74) is 2.36. The number of rotatable bonds is 3. The number of para-hydroxylation sites is 1. The largest absolute Gasteiger partial charge is 0.373 e. The zero-order valence-electron chi connectivity index (χ0n) is 12.2. The Bertz CT molecular complexity index is 455. The van der Waals surface area contributed by atoms with E-state index in [0.717, 1.165) is 12.1 Å². The second-order valence-corrected chi connectivity index (χ2v) is 6.25. The van der Waals surface area contributed by atoms with Crippen LogP contribution >= 0.6 is 0 Å². The van der Waals surface area contributed by atoms with E-state index in [2.05, 4.69) is 23.6 Å². The van der Waals surface area contributed by atoms with Crippen molar-refractivity contribution in [1.29, 1.82) is 0 Å². The molecule has 0 spiro atoms. The molecule has 0 aromatic heterocycles. The SMILES string of the molecule is C[C@H](NC(=O)C1Cc2ccccc2N1)C1CCCCC1. The summed E-state index contributed by atoms with van der Waals surface area (Å²) in [5.74, 6) is 0.816. The van der Waals surface area contributed by atoms with Crippen molar-refractivity contribution >= 4 is 11.6 Å². The van der Waals surface area contributed by atoms with Crippen LogP contribution in [-0.2, 0) is 11.2 Å². The minimum Gasteiger partial charge on any atom is -0.373 e. The summed E-state index contributed by atoms with van der Waals surface area (Å²) < 4.78 is 0. The van der Waals surface area contributed by atoms with Crippen molar-refractivity contribution in [2.45, 2.75) is 57.5 Å². The van der Waals surface area contributed by atoms with Gasteiger partial charge in [0, 0.05) is 18.2 Å². The van der Waals surface area contributed by atoms with Crippen LogP contribution in [0.15, 0.2) is 24.3 Å². The Morgan fingerprint density at radius 3 is 2.75 bits per heavy atom. The van der Waals surface area contributed by atoms with Crippen LogP contribution in [-0.4, -0.2) is 18.0 Å². The Morgan fingerprint density at radius 1 is 1.25 bits per heavy atom. The zero-order valence-corrected chi connectivity index (χ0v) is 12.2. The number of hydrogen-bond donors (Lipinski definition) is 2. The summed E-state index contributed by atoms with van der Waals surface area (Å²) >= 11 is 0. The quantitative estimate of drug-likeness (QED) is 0.887. The second-order valence-electron chi connectivity index (χ2n) is 6.25. The van der Waals surface area contributed by atoms with Gasteiger partial charge >= 0.3 is 0 Å². The van der Waals surface area contributed by atoms with Gasteiger partial charge in [0.25, 0.3) is 0 Å². The molecule has 1 aromatic rings. The molecular weight excluding hydrogens is 248 g/mol. The van der Waals surface area contributed by atoms with Crippen LogP contribution in [0.1, 0.15) is 44.6 Å². The van der Waals surface area contributed by atoms with E-state index in [9.17, 15) is 4.79 Å². The molecule has 2 atom stereocenters. The Labute approximate surface area is 121 Å². The van der Waals surface area contributed by atoms with Gasteiger partial charge in [-0.2, -0.15) is 0 Å². The van der Waals surface area contributed by atoms with E-state index < -0.39 is 0 Å². The van der Waals surface area contributed by atoms with E-state index in [1.54, 1.807) is 0 Å². The van der Waals surface area contributed by atoms with Gasteiger partial charge in [-0.3, -0.25) is 4.79 Å². The first-order valence-corrected chi connectivity index (χ1v) is 7.89. The van der Waals surface area contributed by atoms with Gasteiger partial charge in [0.05, 0.1) is 0 Å². The predicted molar refractivity (Wildman–Crippen MR) is 81.7 cm³/mol. The highest BCUT2D eigenvalue weighted by Crippen LogP contribution is 2.28. The molecule has 3 rings (SSSR count). The van der Waals surface area contributed by atoms with Gasteiger partial charge in [-0.05, 0) is 37.3 Å². The lowest BCUT2D eigenvalue weighted by molar-refractivity contribution is -0.122. The molecule has 1 unspecified atom stereocenters. The molecule has 2 aliphatic rings.